The van der Waals surface area contributed by atoms with Crippen LogP contribution in [-0.2, 0) is 32.1 Å². The second kappa shape index (κ2) is 16.3. The summed E-state index contributed by atoms with van der Waals surface area (Å²) in [7, 11) is 0. The number of aryl methyl sites for hydroxylation is 2. The molecular formula is C30H41N5O6. The molecule has 1 aliphatic heterocycles. The van der Waals surface area contributed by atoms with E-state index in [1.807, 2.05) is 37.3 Å². The van der Waals surface area contributed by atoms with E-state index in [1.54, 1.807) is 12.4 Å². The zero-order chi connectivity index (χ0) is 29.6. The summed E-state index contributed by atoms with van der Waals surface area (Å²) in [5.74, 6) is -1.59. The Morgan fingerprint density at radius 1 is 1.10 bits per heavy atom. The normalized spacial score (nSPS) is 16.2. The number of rotatable bonds is 15. The summed E-state index contributed by atoms with van der Waals surface area (Å²) < 4.78 is 6.00. The highest BCUT2D eigenvalue weighted by Gasteiger charge is 2.28. The predicted molar refractivity (Wildman–Crippen MR) is 153 cm³/mol. The molecule has 41 heavy (non-hydrogen) atoms. The lowest BCUT2D eigenvalue weighted by Gasteiger charge is -2.23. The van der Waals surface area contributed by atoms with Crippen molar-refractivity contribution >= 4 is 23.7 Å². The molecule has 1 saturated heterocycles. The van der Waals surface area contributed by atoms with E-state index < -0.39 is 42.2 Å². The summed E-state index contributed by atoms with van der Waals surface area (Å²) in [6.07, 6.45) is 6.81. The van der Waals surface area contributed by atoms with Crippen molar-refractivity contribution in [3.05, 3.63) is 59.4 Å². The van der Waals surface area contributed by atoms with Gasteiger partial charge in [-0.05, 0) is 99.0 Å². The maximum atomic E-state index is 13.3. The van der Waals surface area contributed by atoms with Crippen molar-refractivity contribution in [3.8, 4) is 5.75 Å². The molecule has 222 valence electrons. The van der Waals surface area contributed by atoms with E-state index in [0.29, 0.717) is 18.9 Å². The summed E-state index contributed by atoms with van der Waals surface area (Å²) in [6, 6.07) is 7.17. The average Bonchev–Trinajstić information content (AvgIpc) is 2.95. The number of aromatic nitrogens is 1. The lowest BCUT2D eigenvalue weighted by Crippen LogP contribution is -2.54. The van der Waals surface area contributed by atoms with Gasteiger partial charge in [-0.1, -0.05) is 6.07 Å². The Hall–Kier alpha value is -3.99. The highest BCUT2D eigenvalue weighted by atomic mass is 16.5. The summed E-state index contributed by atoms with van der Waals surface area (Å²) >= 11 is 0. The van der Waals surface area contributed by atoms with Crippen molar-refractivity contribution < 1.29 is 29.0 Å². The molecule has 2 unspecified atom stereocenters. The van der Waals surface area contributed by atoms with Crippen LogP contribution in [0.5, 0.6) is 5.75 Å². The van der Waals surface area contributed by atoms with Crippen LogP contribution in [0.4, 0.5) is 0 Å². The minimum atomic E-state index is -1.30. The Bertz CT molecular complexity index is 1150. The van der Waals surface area contributed by atoms with Crippen LogP contribution in [-0.4, -0.2) is 65.6 Å². The third-order valence-electron chi connectivity index (χ3n) is 7.14. The van der Waals surface area contributed by atoms with E-state index in [9.17, 15) is 24.3 Å². The smallest absolute Gasteiger partial charge is 0.305 e. The maximum Gasteiger partial charge on any atom is 0.305 e. The van der Waals surface area contributed by atoms with Crippen LogP contribution in [0.15, 0.2) is 42.7 Å². The van der Waals surface area contributed by atoms with Crippen molar-refractivity contribution in [1.29, 1.82) is 0 Å². The first-order valence-electron chi connectivity index (χ1n) is 14.1. The molecule has 1 aliphatic rings. The van der Waals surface area contributed by atoms with Gasteiger partial charge in [0.25, 0.3) is 0 Å². The van der Waals surface area contributed by atoms with Gasteiger partial charge in [-0.15, -0.1) is 0 Å². The van der Waals surface area contributed by atoms with E-state index in [1.165, 1.54) is 19.8 Å². The number of nitrogens with one attached hydrogen (secondary N) is 4. The van der Waals surface area contributed by atoms with E-state index in [4.69, 9.17) is 4.74 Å². The molecule has 0 saturated carbocycles. The third kappa shape index (κ3) is 11.2. The number of benzene rings is 1. The second-order valence-corrected chi connectivity index (χ2v) is 10.5. The molecule has 3 rings (SSSR count). The predicted octanol–water partition coefficient (Wildman–Crippen LogP) is 1.87. The SMILES string of the molecule is CC(=O)N[C@@H](CC(=O)O)C(=O)NC(CCc1ccncc1)C(=O)NCc1cc(OCCC2CCCNC2)ccc1C. The summed E-state index contributed by atoms with van der Waals surface area (Å²) in [5, 5.41) is 20.5. The van der Waals surface area contributed by atoms with Gasteiger partial charge in [0, 0.05) is 25.9 Å². The first-order chi connectivity index (χ1) is 19.7. The molecule has 0 bridgehead atoms. The van der Waals surface area contributed by atoms with Crippen LogP contribution in [0.25, 0.3) is 0 Å². The number of nitrogens with zero attached hydrogens (tertiary/aromatic N) is 1. The standard InChI is InChI=1S/C30H41N5O6/c1-20-5-7-25(41-15-11-23-4-3-12-32-18-23)16-24(20)19-33-29(39)26(8-6-22-9-13-31-14-10-22)35-30(40)27(17-28(37)38)34-21(2)36/h5,7,9-10,13-14,16,23,26-27,32H,3-4,6,8,11-12,15,17-19H2,1-2H3,(H,33,39)(H,34,36)(H,35,40)(H,37,38)/t23?,26?,27-/m0/s1. The van der Waals surface area contributed by atoms with Crippen LogP contribution < -0.4 is 26.0 Å². The Morgan fingerprint density at radius 3 is 2.56 bits per heavy atom. The van der Waals surface area contributed by atoms with Gasteiger partial charge < -0.3 is 31.1 Å². The summed E-state index contributed by atoms with van der Waals surface area (Å²) in [5.41, 5.74) is 2.80. The largest absolute Gasteiger partial charge is 0.494 e. The minimum absolute atomic E-state index is 0.223. The molecular weight excluding hydrogens is 526 g/mol. The van der Waals surface area contributed by atoms with Crippen molar-refractivity contribution in [2.45, 2.75) is 71.0 Å². The number of pyridine rings is 1. The third-order valence-corrected chi connectivity index (χ3v) is 7.14. The fourth-order valence-electron chi connectivity index (χ4n) is 4.78. The van der Waals surface area contributed by atoms with Crippen molar-refractivity contribution in [2.75, 3.05) is 19.7 Å². The van der Waals surface area contributed by atoms with Gasteiger partial charge >= 0.3 is 5.97 Å². The van der Waals surface area contributed by atoms with Crippen LogP contribution in [0.2, 0.25) is 0 Å². The van der Waals surface area contributed by atoms with Crippen LogP contribution in [0.3, 0.4) is 0 Å². The van der Waals surface area contributed by atoms with Crippen LogP contribution >= 0.6 is 0 Å². The molecule has 0 aliphatic carbocycles. The van der Waals surface area contributed by atoms with Crippen molar-refractivity contribution in [1.82, 2.24) is 26.3 Å². The topological polar surface area (TPSA) is 159 Å². The Labute approximate surface area is 240 Å². The molecule has 11 nitrogen and oxygen atoms in total. The van der Waals surface area contributed by atoms with Gasteiger partial charge in [-0.3, -0.25) is 24.2 Å². The molecule has 5 N–H and O–H groups in total. The summed E-state index contributed by atoms with van der Waals surface area (Å²) in [6.45, 7) is 6.09. The number of hydrogen-bond donors (Lipinski definition) is 5. The number of hydrogen-bond acceptors (Lipinski definition) is 7. The molecule has 3 atom stereocenters. The number of aliphatic carboxylic acids is 1. The lowest BCUT2D eigenvalue weighted by molar-refractivity contribution is -0.140. The minimum Gasteiger partial charge on any atom is -0.494 e. The van der Waals surface area contributed by atoms with Crippen LogP contribution in [0.1, 0.15) is 55.7 Å². The number of carboxylic acids is 1. The van der Waals surface area contributed by atoms with Gasteiger partial charge in [0.1, 0.15) is 17.8 Å². The Kier molecular flexibility index (Phi) is 12.6. The molecule has 0 spiro atoms. The Morgan fingerprint density at radius 2 is 1.88 bits per heavy atom. The fraction of sp³-hybridized carbons (Fsp3) is 0.500. The zero-order valence-corrected chi connectivity index (χ0v) is 23.8. The van der Waals surface area contributed by atoms with E-state index in [0.717, 1.165) is 42.0 Å². The van der Waals surface area contributed by atoms with Crippen molar-refractivity contribution in [3.63, 3.8) is 0 Å². The van der Waals surface area contributed by atoms with E-state index in [-0.39, 0.29) is 13.0 Å². The van der Waals surface area contributed by atoms with E-state index in [2.05, 4.69) is 26.3 Å². The number of piperidine rings is 1. The van der Waals surface area contributed by atoms with Crippen molar-refractivity contribution in [2.24, 2.45) is 5.92 Å². The molecule has 2 heterocycles. The quantitative estimate of drug-likeness (QED) is 0.218. The molecule has 3 amide bonds. The first kappa shape index (κ1) is 31.5. The lowest BCUT2D eigenvalue weighted by atomic mass is 9.97. The second-order valence-electron chi connectivity index (χ2n) is 10.5. The monoisotopic (exact) mass is 567 g/mol. The van der Waals surface area contributed by atoms with Gasteiger partial charge in [-0.2, -0.15) is 0 Å². The highest BCUT2D eigenvalue weighted by molar-refractivity contribution is 5.93. The fourth-order valence-corrected chi connectivity index (χ4v) is 4.78. The number of carboxylic acid groups (broad SMARTS) is 1. The van der Waals surface area contributed by atoms with Gasteiger partial charge in [0.15, 0.2) is 0 Å². The van der Waals surface area contributed by atoms with Crippen LogP contribution in [0, 0.1) is 12.8 Å². The molecule has 1 aromatic heterocycles. The number of ether oxygens (including phenoxy) is 1. The number of carbonyl (C=O) groups excluding carboxylic acids is 3. The number of amides is 3. The van der Waals surface area contributed by atoms with Gasteiger partial charge in [0.05, 0.1) is 13.0 Å². The molecule has 11 heteroatoms. The molecule has 1 fully saturated rings. The first-order valence-corrected chi connectivity index (χ1v) is 14.1. The number of carbonyl (C=O) groups is 4. The molecule has 1 aromatic carbocycles. The van der Waals surface area contributed by atoms with E-state index >= 15 is 0 Å². The maximum absolute atomic E-state index is 13.3. The molecule has 0 radical (unpaired) electrons. The summed E-state index contributed by atoms with van der Waals surface area (Å²) in [4.78, 5) is 53.0. The highest BCUT2D eigenvalue weighted by Crippen LogP contribution is 2.20. The zero-order valence-electron chi connectivity index (χ0n) is 23.8. The van der Waals surface area contributed by atoms with Gasteiger partial charge in [-0.25, -0.2) is 0 Å². The average molecular weight is 568 g/mol. The molecule has 2 aromatic rings. The van der Waals surface area contributed by atoms with Gasteiger partial charge in [0.2, 0.25) is 17.7 Å². The Balaban J connectivity index is 1.63.